The lowest BCUT2D eigenvalue weighted by Crippen LogP contribution is -2.49. The molecule has 1 fully saturated rings. The molecule has 4 rings (SSSR count). The van der Waals surface area contributed by atoms with E-state index in [0.29, 0.717) is 35.8 Å². The van der Waals surface area contributed by atoms with E-state index in [0.717, 1.165) is 11.1 Å². The van der Waals surface area contributed by atoms with Crippen LogP contribution in [0.3, 0.4) is 0 Å². The molecule has 2 aliphatic heterocycles. The number of nitrogens with zero attached hydrogens (tertiary/aromatic N) is 1. The SMILES string of the molecule is Cc1cc(OC(C)(C)C(=O)N2CC[C@@]3(C2)OC(=O)c2ccccc23)ccc1Cl. The highest BCUT2D eigenvalue weighted by Gasteiger charge is 2.52. The van der Waals surface area contributed by atoms with Gasteiger partial charge in [0.2, 0.25) is 0 Å². The van der Waals surface area contributed by atoms with E-state index >= 15 is 0 Å². The first-order valence-corrected chi connectivity index (χ1v) is 9.67. The Labute approximate surface area is 169 Å². The molecule has 2 heterocycles. The van der Waals surface area contributed by atoms with Gasteiger partial charge in [0.25, 0.3) is 5.91 Å². The van der Waals surface area contributed by atoms with E-state index in [1.54, 1.807) is 36.9 Å². The van der Waals surface area contributed by atoms with Crippen LogP contribution in [-0.4, -0.2) is 35.5 Å². The predicted molar refractivity (Wildman–Crippen MR) is 106 cm³/mol. The third kappa shape index (κ3) is 3.04. The van der Waals surface area contributed by atoms with Gasteiger partial charge in [-0.05, 0) is 50.6 Å². The van der Waals surface area contributed by atoms with E-state index in [1.165, 1.54) is 0 Å². The van der Waals surface area contributed by atoms with Crippen LogP contribution in [0.5, 0.6) is 5.75 Å². The number of esters is 1. The van der Waals surface area contributed by atoms with Crippen molar-refractivity contribution in [3.63, 3.8) is 0 Å². The van der Waals surface area contributed by atoms with Crippen molar-refractivity contribution >= 4 is 23.5 Å². The molecule has 6 heteroatoms. The summed E-state index contributed by atoms with van der Waals surface area (Å²) < 4.78 is 11.7. The van der Waals surface area contributed by atoms with Gasteiger partial charge in [-0.2, -0.15) is 0 Å². The van der Waals surface area contributed by atoms with Crippen molar-refractivity contribution in [1.82, 2.24) is 4.90 Å². The summed E-state index contributed by atoms with van der Waals surface area (Å²) in [6.45, 7) is 6.23. The molecule has 1 amide bonds. The minimum Gasteiger partial charge on any atom is -0.478 e. The second-order valence-electron chi connectivity index (χ2n) is 7.93. The quantitative estimate of drug-likeness (QED) is 0.729. The van der Waals surface area contributed by atoms with Crippen molar-refractivity contribution in [1.29, 1.82) is 0 Å². The van der Waals surface area contributed by atoms with E-state index in [1.807, 2.05) is 31.2 Å². The number of benzene rings is 2. The number of hydrogen-bond acceptors (Lipinski definition) is 4. The average molecular weight is 400 g/mol. The summed E-state index contributed by atoms with van der Waals surface area (Å²) in [7, 11) is 0. The maximum atomic E-state index is 13.2. The van der Waals surface area contributed by atoms with Crippen molar-refractivity contribution in [2.24, 2.45) is 0 Å². The number of carbonyl (C=O) groups is 2. The third-order valence-corrected chi connectivity index (χ3v) is 5.89. The third-order valence-electron chi connectivity index (χ3n) is 5.46. The van der Waals surface area contributed by atoms with Crippen LogP contribution in [0, 0.1) is 6.92 Å². The highest BCUT2D eigenvalue weighted by molar-refractivity contribution is 6.31. The summed E-state index contributed by atoms with van der Waals surface area (Å²) in [5.41, 5.74) is 0.521. The Balaban J connectivity index is 1.53. The Morgan fingerprint density at radius 3 is 2.75 bits per heavy atom. The van der Waals surface area contributed by atoms with Crippen LogP contribution in [0.25, 0.3) is 0 Å². The van der Waals surface area contributed by atoms with Crippen molar-refractivity contribution in [2.75, 3.05) is 13.1 Å². The van der Waals surface area contributed by atoms with Gasteiger partial charge in [0.15, 0.2) is 11.2 Å². The number of hydrogen-bond donors (Lipinski definition) is 0. The van der Waals surface area contributed by atoms with E-state index in [-0.39, 0.29) is 11.9 Å². The van der Waals surface area contributed by atoms with E-state index < -0.39 is 11.2 Å². The number of carbonyl (C=O) groups excluding carboxylic acids is 2. The Kier molecular flexibility index (Phi) is 4.38. The van der Waals surface area contributed by atoms with Gasteiger partial charge in [-0.15, -0.1) is 0 Å². The molecular formula is C22H22ClNO4. The van der Waals surface area contributed by atoms with Crippen LogP contribution in [0.1, 0.15) is 41.8 Å². The zero-order valence-corrected chi connectivity index (χ0v) is 16.9. The van der Waals surface area contributed by atoms with Crippen molar-refractivity contribution < 1.29 is 19.1 Å². The largest absolute Gasteiger partial charge is 0.478 e. The molecule has 5 nitrogen and oxygen atoms in total. The normalized spacial score (nSPS) is 21.0. The number of amides is 1. The fraction of sp³-hybridized carbons (Fsp3) is 0.364. The Morgan fingerprint density at radius 1 is 1.25 bits per heavy atom. The topological polar surface area (TPSA) is 55.8 Å². The van der Waals surface area contributed by atoms with Gasteiger partial charge in [-0.3, -0.25) is 4.79 Å². The number of rotatable bonds is 3. The molecule has 0 unspecified atom stereocenters. The molecule has 2 aromatic carbocycles. The Morgan fingerprint density at radius 2 is 2.00 bits per heavy atom. The van der Waals surface area contributed by atoms with Crippen molar-refractivity contribution in [3.05, 3.63) is 64.2 Å². The molecule has 1 atom stereocenters. The second-order valence-corrected chi connectivity index (χ2v) is 8.34. The van der Waals surface area contributed by atoms with Gasteiger partial charge in [0, 0.05) is 23.6 Å². The van der Waals surface area contributed by atoms with Gasteiger partial charge in [0.1, 0.15) is 5.75 Å². The summed E-state index contributed by atoms with van der Waals surface area (Å²) in [5.74, 6) is 0.126. The lowest BCUT2D eigenvalue weighted by molar-refractivity contribution is -0.145. The monoisotopic (exact) mass is 399 g/mol. The Hall–Kier alpha value is -2.53. The van der Waals surface area contributed by atoms with Crippen LogP contribution in [0.4, 0.5) is 0 Å². The van der Waals surface area contributed by atoms with Crippen LogP contribution >= 0.6 is 11.6 Å². The van der Waals surface area contributed by atoms with Crippen LogP contribution < -0.4 is 4.74 Å². The van der Waals surface area contributed by atoms with Crippen LogP contribution in [-0.2, 0) is 15.1 Å². The van der Waals surface area contributed by atoms with E-state index in [4.69, 9.17) is 21.1 Å². The first kappa shape index (κ1) is 18.8. The fourth-order valence-corrected chi connectivity index (χ4v) is 4.12. The maximum Gasteiger partial charge on any atom is 0.339 e. The van der Waals surface area contributed by atoms with Crippen LogP contribution in [0.2, 0.25) is 5.02 Å². The summed E-state index contributed by atoms with van der Waals surface area (Å²) >= 11 is 6.07. The number of halogens is 1. The number of ether oxygens (including phenoxy) is 2. The van der Waals surface area contributed by atoms with Crippen molar-refractivity contribution in [3.8, 4) is 5.75 Å². The second kappa shape index (κ2) is 6.52. The molecule has 0 aromatic heterocycles. The molecule has 0 radical (unpaired) electrons. The van der Waals surface area contributed by atoms with E-state index in [2.05, 4.69) is 0 Å². The first-order chi connectivity index (χ1) is 13.2. The van der Waals surface area contributed by atoms with Gasteiger partial charge in [-0.25, -0.2) is 4.79 Å². The molecule has 1 saturated heterocycles. The summed E-state index contributed by atoms with van der Waals surface area (Å²) in [6, 6.07) is 12.7. The number of fused-ring (bicyclic) bond motifs is 2. The highest BCUT2D eigenvalue weighted by atomic mass is 35.5. The molecule has 2 aliphatic rings. The van der Waals surface area contributed by atoms with Gasteiger partial charge in [0.05, 0.1) is 12.1 Å². The molecule has 2 aromatic rings. The van der Waals surface area contributed by atoms with Gasteiger partial charge in [-0.1, -0.05) is 29.8 Å². The summed E-state index contributed by atoms with van der Waals surface area (Å²) in [4.78, 5) is 27.2. The van der Waals surface area contributed by atoms with Gasteiger partial charge < -0.3 is 14.4 Å². The fourth-order valence-electron chi connectivity index (χ4n) is 4.00. The molecule has 0 N–H and O–H groups in total. The lowest BCUT2D eigenvalue weighted by Gasteiger charge is -2.31. The summed E-state index contributed by atoms with van der Waals surface area (Å²) in [5, 5.41) is 0.652. The van der Waals surface area contributed by atoms with Crippen LogP contribution in [0.15, 0.2) is 42.5 Å². The van der Waals surface area contributed by atoms with Gasteiger partial charge >= 0.3 is 5.97 Å². The first-order valence-electron chi connectivity index (χ1n) is 9.29. The minimum atomic E-state index is -1.06. The molecule has 0 saturated carbocycles. The number of aryl methyl sites for hydroxylation is 1. The molecule has 1 spiro atoms. The molecule has 0 aliphatic carbocycles. The van der Waals surface area contributed by atoms with E-state index in [9.17, 15) is 9.59 Å². The minimum absolute atomic E-state index is 0.141. The lowest BCUT2D eigenvalue weighted by atomic mass is 9.91. The zero-order valence-electron chi connectivity index (χ0n) is 16.1. The van der Waals surface area contributed by atoms with Crippen molar-refractivity contribution in [2.45, 2.75) is 38.4 Å². The number of likely N-dealkylation sites (tertiary alicyclic amines) is 1. The highest BCUT2D eigenvalue weighted by Crippen LogP contribution is 2.43. The smallest absolute Gasteiger partial charge is 0.339 e. The Bertz CT molecular complexity index is 971. The predicted octanol–water partition coefficient (Wildman–Crippen LogP) is 4.10. The molecule has 28 heavy (non-hydrogen) atoms. The average Bonchev–Trinajstić information content (AvgIpc) is 3.20. The maximum absolute atomic E-state index is 13.2. The standard InChI is InChI=1S/C22H22ClNO4/c1-14-12-15(8-9-18(14)23)27-21(2,3)20(26)24-11-10-22(13-24)17-7-5-4-6-16(17)19(25)28-22/h4-9,12H,10-11,13H2,1-3H3/t22-/m0/s1. The molecular weight excluding hydrogens is 378 g/mol. The zero-order chi connectivity index (χ0) is 20.1. The molecule has 146 valence electrons. The summed E-state index contributed by atoms with van der Waals surface area (Å²) in [6.07, 6.45) is 0.581. The molecule has 0 bridgehead atoms.